The van der Waals surface area contributed by atoms with Gasteiger partial charge in [0.05, 0.1) is 0 Å². The summed E-state index contributed by atoms with van der Waals surface area (Å²) in [5.74, 6) is -0.591. The van der Waals surface area contributed by atoms with Crippen molar-refractivity contribution in [1.29, 1.82) is 0 Å². The van der Waals surface area contributed by atoms with Crippen LogP contribution in [0.15, 0.2) is 48.5 Å². The molecular formula is C13H8FO. The van der Waals surface area contributed by atoms with E-state index in [4.69, 9.17) is 0 Å². The minimum absolute atomic E-state index is 0.189. The molecule has 0 aliphatic carbocycles. The van der Waals surface area contributed by atoms with Gasteiger partial charge in [0.25, 0.3) is 0 Å². The molecule has 0 aromatic heterocycles. The van der Waals surface area contributed by atoms with Crippen LogP contribution < -0.4 is 0 Å². The van der Waals surface area contributed by atoms with E-state index in [1.54, 1.807) is 30.3 Å². The molecule has 0 fully saturated rings. The molecule has 0 heterocycles. The summed E-state index contributed by atoms with van der Waals surface area (Å²) in [7, 11) is 0. The fourth-order valence-corrected chi connectivity index (χ4v) is 1.33. The third kappa shape index (κ3) is 2.10. The first-order valence-corrected chi connectivity index (χ1v) is 4.54. The second-order valence-electron chi connectivity index (χ2n) is 3.13. The summed E-state index contributed by atoms with van der Waals surface area (Å²) in [6.45, 7) is 0. The van der Waals surface area contributed by atoms with E-state index in [2.05, 4.69) is 6.07 Å². The number of benzene rings is 2. The SMILES string of the molecule is O=C(c1c[c]ccc1)c1cccc(F)c1. The van der Waals surface area contributed by atoms with Crippen LogP contribution in [0.2, 0.25) is 0 Å². The Bertz CT molecular complexity index is 477. The van der Waals surface area contributed by atoms with Gasteiger partial charge in [-0.3, -0.25) is 4.79 Å². The second kappa shape index (κ2) is 4.05. The van der Waals surface area contributed by atoms with Gasteiger partial charge in [-0.15, -0.1) is 0 Å². The Morgan fingerprint density at radius 3 is 2.60 bits per heavy atom. The molecule has 2 aromatic carbocycles. The van der Waals surface area contributed by atoms with Gasteiger partial charge in [0, 0.05) is 11.1 Å². The summed E-state index contributed by atoms with van der Waals surface area (Å²) in [5.41, 5.74) is 0.873. The van der Waals surface area contributed by atoms with Gasteiger partial charge in [-0.1, -0.05) is 30.3 Å². The van der Waals surface area contributed by atoms with Gasteiger partial charge in [0.2, 0.25) is 0 Å². The fourth-order valence-electron chi connectivity index (χ4n) is 1.33. The van der Waals surface area contributed by atoms with Crippen molar-refractivity contribution in [2.24, 2.45) is 0 Å². The molecule has 0 atom stereocenters. The highest BCUT2D eigenvalue weighted by molar-refractivity contribution is 6.08. The maximum Gasteiger partial charge on any atom is 0.193 e. The van der Waals surface area contributed by atoms with Crippen molar-refractivity contribution < 1.29 is 9.18 Å². The molecule has 0 unspecified atom stereocenters. The molecule has 1 nitrogen and oxygen atoms in total. The monoisotopic (exact) mass is 199 g/mol. The number of carbonyl (C=O) groups is 1. The minimum atomic E-state index is -0.402. The van der Waals surface area contributed by atoms with Gasteiger partial charge >= 0.3 is 0 Å². The molecule has 0 aliphatic rings. The van der Waals surface area contributed by atoms with E-state index in [9.17, 15) is 9.18 Å². The van der Waals surface area contributed by atoms with Crippen molar-refractivity contribution in [2.45, 2.75) is 0 Å². The van der Waals surface area contributed by atoms with Crippen LogP contribution >= 0.6 is 0 Å². The van der Waals surface area contributed by atoms with Crippen LogP contribution in [0.4, 0.5) is 4.39 Å². The molecule has 2 heteroatoms. The zero-order valence-corrected chi connectivity index (χ0v) is 7.91. The lowest BCUT2D eigenvalue weighted by Crippen LogP contribution is -2.00. The molecule has 15 heavy (non-hydrogen) atoms. The fraction of sp³-hybridized carbons (Fsp3) is 0. The lowest BCUT2D eigenvalue weighted by molar-refractivity contribution is 0.103. The summed E-state index contributed by atoms with van der Waals surface area (Å²) < 4.78 is 12.9. The number of hydrogen-bond acceptors (Lipinski definition) is 1. The summed E-state index contributed by atoms with van der Waals surface area (Å²) >= 11 is 0. The van der Waals surface area contributed by atoms with Gasteiger partial charge in [-0.25, -0.2) is 4.39 Å². The van der Waals surface area contributed by atoms with Crippen molar-refractivity contribution in [2.75, 3.05) is 0 Å². The minimum Gasteiger partial charge on any atom is -0.289 e. The molecule has 1 radical (unpaired) electrons. The van der Waals surface area contributed by atoms with E-state index < -0.39 is 5.82 Å². The molecule has 0 bridgehead atoms. The molecular weight excluding hydrogens is 191 g/mol. The first kappa shape index (κ1) is 9.59. The van der Waals surface area contributed by atoms with Crippen molar-refractivity contribution in [3.8, 4) is 0 Å². The second-order valence-corrected chi connectivity index (χ2v) is 3.13. The largest absolute Gasteiger partial charge is 0.289 e. The molecule has 0 spiro atoms. The average molecular weight is 199 g/mol. The standard InChI is InChI=1S/C13H8FO/c14-12-8-4-7-11(9-12)13(15)10-5-2-1-3-6-10/h1-2,4-9H. The van der Waals surface area contributed by atoms with Gasteiger partial charge in [0.15, 0.2) is 5.78 Å². The normalized spacial score (nSPS) is 9.93. The lowest BCUT2D eigenvalue weighted by atomic mass is 10.0. The van der Waals surface area contributed by atoms with E-state index in [1.807, 2.05) is 0 Å². The number of ketones is 1. The van der Waals surface area contributed by atoms with Crippen molar-refractivity contribution in [1.82, 2.24) is 0 Å². The van der Waals surface area contributed by atoms with E-state index in [1.165, 1.54) is 18.2 Å². The Morgan fingerprint density at radius 1 is 1.13 bits per heavy atom. The van der Waals surface area contributed by atoms with Crippen LogP contribution in [0.25, 0.3) is 0 Å². The van der Waals surface area contributed by atoms with E-state index in [0.717, 1.165) is 0 Å². The van der Waals surface area contributed by atoms with Crippen molar-refractivity contribution in [3.05, 3.63) is 71.5 Å². The van der Waals surface area contributed by atoms with Crippen LogP contribution in [-0.2, 0) is 0 Å². The average Bonchev–Trinajstić information content (AvgIpc) is 2.29. The van der Waals surface area contributed by atoms with Gasteiger partial charge < -0.3 is 0 Å². The lowest BCUT2D eigenvalue weighted by Gasteiger charge is -2.00. The molecule has 0 saturated carbocycles. The number of hydrogen-bond donors (Lipinski definition) is 0. The zero-order valence-electron chi connectivity index (χ0n) is 7.91. The van der Waals surface area contributed by atoms with E-state index in [0.29, 0.717) is 11.1 Å². The number of halogens is 1. The number of rotatable bonds is 2. The quantitative estimate of drug-likeness (QED) is 0.680. The highest BCUT2D eigenvalue weighted by atomic mass is 19.1. The number of carbonyl (C=O) groups excluding carboxylic acids is 1. The summed E-state index contributed by atoms with van der Waals surface area (Å²) in [4.78, 5) is 11.8. The predicted molar refractivity (Wildman–Crippen MR) is 55.1 cm³/mol. The van der Waals surface area contributed by atoms with Crippen LogP contribution in [0.1, 0.15) is 15.9 Å². The third-order valence-corrected chi connectivity index (χ3v) is 2.06. The first-order chi connectivity index (χ1) is 7.27. The molecule has 2 rings (SSSR count). The van der Waals surface area contributed by atoms with Crippen LogP contribution in [0, 0.1) is 11.9 Å². The Hall–Kier alpha value is -1.96. The first-order valence-electron chi connectivity index (χ1n) is 4.54. The zero-order chi connectivity index (χ0) is 10.7. The topological polar surface area (TPSA) is 17.1 Å². The van der Waals surface area contributed by atoms with Gasteiger partial charge in [-0.2, -0.15) is 0 Å². The highest BCUT2D eigenvalue weighted by Gasteiger charge is 2.08. The Balaban J connectivity index is 2.37. The predicted octanol–water partition coefficient (Wildman–Crippen LogP) is 2.86. The van der Waals surface area contributed by atoms with E-state index in [-0.39, 0.29) is 5.78 Å². The van der Waals surface area contributed by atoms with Gasteiger partial charge in [-0.05, 0) is 24.3 Å². The summed E-state index contributed by atoms with van der Waals surface area (Å²) in [6, 6.07) is 15.2. The Labute approximate surface area is 87.2 Å². The highest BCUT2D eigenvalue weighted by Crippen LogP contribution is 2.10. The van der Waals surface area contributed by atoms with Crippen LogP contribution in [0.5, 0.6) is 0 Å². The van der Waals surface area contributed by atoms with Gasteiger partial charge in [0.1, 0.15) is 5.82 Å². The molecule has 2 aromatic rings. The molecule has 0 saturated heterocycles. The molecule has 73 valence electrons. The van der Waals surface area contributed by atoms with Crippen LogP contribution in [0.3, 0.4) is 0 Å². The smallest absolute Gasteiger partial charge is 0.193 e. The van der Waals surface area contributed by atoms with E-state index >= 15 is 0 Å². The summed E-state index contributed by atoms with van der Waals surface area (Å²) in [5, 5.41) is 0. The van der Waals surface area contributed by atoms with Crippen molar-refractivity contribution >= 4 is 5.78 Å². The maximum atomic E-state index is 12.9. The van der Waals surface area contributed by atoms with Crippen LogP contribution in [-0.4, -0.2) is 5.78 Å². The third-order valence-electron chi connectivity index (χ3n) is 2.06. The maximum absolute atomic E-state index is 12.9. The Morgan fingerprint density at radius 2 is 1.93 bits per heavy atom. The van der Waals surface area contributed by atoms with Crippen molar-refractivity contribution in [3.63, 3.8) is 0 Å². The molecule has 0 aliphatic heterocycles. The Kier molecular flexibility index (Phi) is 2.59. The summed E-state index contributed by atoms with van der Waals surface area (Å²) in [6.07, 6.45) is 0. The molecule has 0 amide bonds. The molecule has 0 N–H and O–H groups in total.